The third-order valence-corrected chi connectivity index (χ3v) is 2.38. The maximum Gasteiger partial charge on any atom is 0.165 e. The molecule has 1 rings (SSSR count). The molecule has 0 fully saturated rings. The minimum atomic E-state index is -0.962. The van der Waals surface area contributed by atoms with Crippen molar-refractivity contribution in [1.82, 2.24) is 0 Å². The number of hydrogen-bond donors (Lipinski definition) is 0. The average Bonchev–Trinajstić information content (AvgIpc) is 2.33. The van der Waals surface area contributed by atoms with Gasteiger partial charge < -0.3 is 4.74 Å². The van der Waals surface area contributed by atoms with Gasteiger partial charge in [0.25, 0.3) is 0 Å². The Morgan fingerprint density at radius 2 is 2.00 bits per heavy atom. The highest BCUT2D eigenvalue weighted by Crippen LogP contribution is 2.22. The SMILES string of the molecule is CCCOC(C(=O)CC)c1ccc(F)c(F)c1. The molecule has 1 aromatic rings. The first-order valence-corrected chi connectivity index (χ1v) is 5.69. The van der Waals surface area contributed by atoms with Crippen molar-refractivity contribution in [2.24, 2.45) is 0 Å². The summed E-state index contributed by atoms with van der Waals surface area (Å²) in [6, 6.07) is 3.41. The summed E-state index contributed by atoms with van der Waals surface area (Å²) in [4.78, 5) is 11.7. The maximum atomic E-state index is 13.1. The van der Waals surface area contributed by atoms with Crippen molar-refractivity contribution >= 4 is 5.78 Å². The molecule has 4 heteroatoms. The van der Waals surface area contributed by atoms with Crippen LogP contribution in [0.15, 0.2) is 18.2 Å². The molecule has 0 aliphatic rings. The van der Waals surface area contributed by atoms with Gasteiger partial charge in [-0.05, 0) is 24.1 Å². The van der Waals surface area contributed by atoms with Gasteiger partial charge in [0.2, 0.25) is 0 Å². The van der Waals surface area contributed by atoms with Crippen LogP contribution in [0.4, 0.5) is 8.78 Å². The lowest BCUT2D eigenvalue weighted by Crippen LogP contribution is -2.16. The molecule has 0 amide bonds. The lowest BCUT2D eigenvalue weighted by molar-refractivity contribution is -0.130. The van der Waals surface area contributed by atoms with E-state index in [0.29, 0.717) is 18.6 Å². The van der Waals surface area contributed by atoms with Gasteiger partial charge in [-0.1, -0.05) is 19.9 Å². The Hall–Kier alpha value is -1.29. The van der Waals surface area contributed by atoms with Crippen molar-refractivity contribution in [3.05, 3.63) is 35.4 Å². The fraction of sp³-hybridized carbons (Fsp3) is 0.462. The minimum absolute atomic E-state index is 0.135. The lowest BCUT2D eigenvalue weighted by atomic mass is 10.0. The monoisotopic (exact) mass is 242 g/mol. The van der Waals surface area contributed by atoms with Gasteiger partial charge in [-0.15, -0.1) is 0 Å². The smallest absolute Gasteiger partial charge is 0.165 e. The summed E-state index contributed by atoms with van der Waals surface area (Å²) in [5.41, 5.74) is 0.365. The van der Waals surface area contributed by atoms with E-state index < -0.39 is 17.7 Å². The Labute approximate surface area is 99.6 Å². The molecule has 0 radical (unpaired) electrons. The second-order valence-electron chi connectivity index (χ2n) is 3.74. The number of benzene rings is 1. The molecule has 0 heterocycles. The van der Waals surface area contributed by atoms with E-state index >= 15 is 0 Å². The number of carbonyl (C=O) groups excluding carboxylic acids is 1. The molecule has 0 N–H and O–H groups in total. The van der Waals surface area contributed by atoms with Crippen LogP contribution in [0.25, 0.3) is 0 Å². The number of carbonyl (C=O) groups is 1. The Morgan fingerprint density at radius 1 is 1.29 bits per heavy atom. The molecule has 94 valence electrons. The maximum absolute atomic E-state index is 13.1. The Bertz CT molecular complexity index is 391. The van der Waals surface area contributed by atoms with E-state index in [1.807, 2.05) is 6.92 Å². The first kappa shape index (κ1) is 13.8. The van der Waals surface area contributed by atoms with Gasteiger partial charge in [0.05, 0.1) is 0 Å². The van der Waals surface area contributed by atoms with Gasteiger partial charge in [0.1, 0.15) is 6.10 Å². The highest BCUT2D eigenvalue weighted by atomic mass is 19.2. The van der Waals surface area contributed by atoms with Gasteiger partial charge in [-0.25, -0.2) is 8.78 Å². The van der Waals surface area contributed by atoms with Crippen molar-refractivity contribution in [2.45, 2.75) is 32.8 Å². The quantitative estimate of drug-likeness (QED) is 0.764. The first-order chi connectivity index (χ1) is 8.10. The largest absolute Gasteiger partial charge is 0.366 e. The zero-order valence-electron chi connectivity index (χ0n) is 10.0. The molecule has 0 aliphatic carbocycles. The van der Waals surface area contributed by atoms with Crippen LogP contribution in [0, 0.1) is 11.6 Å². The van der Waals surface area contributed by atoms with Crippen molar-refractivity contribution < 1.29 is 18.3 Å². The number of rotatable bonds is 6. The third-order valence-electron chi connectivity index (χ3n) is 2.38. The zero-order chi connectivity index (χ0) is 12.8. The molecule has 1 atom stereocenters. The van der Waals surface area contributed by atoms with Crippen LogP contribution in [0.3, 0.4) is 0 Å². The van der Waals surface area contributed by atoms with Crippen LogP contribution in [0.2, 0.25) is 0 Å². The molecular formula is C13H16F2O2. The first-order valence-electron chi connectivity index (χ1n) is 5.69. The molecular weight excluding hydrogens is 226 g/mol. The van der Waals surface area contributed by atoms with Crippen LogP contribution >= 0.6 is 0 Å². The van der Waals surface area contributed by atoms with E-state index in [-0.39, 0.29) is 5.78 Å². The zero-order valence-corrected chi connectivity index (χ0v) is 10.0. The normalized spacial score (nSPS) is 12.5. The Morgan fingerprint density at radius 3 is 2.53 bits per heavy atom. The fourth-order valence-corrected chi connectivity index (χ4v) is 1.47. The predicted octanol–water partition coefficient (Wildman–Crippen LogP) is 3.41. The molecule has 0 spiro atoms. The van der Waals surface area contributed by atoms with Gasteiger partial charge in [-0.3, -0.25) is 4.79 Å². The summed E-state index contributed by atoms with van der Waals surface area (Å²) in [5, 5.41) is 0. The van der Waals surface area contributed by atoms with Crippen LogP contribution in [0.1, 0.15) is 38.4 Å². The van der Waals surface area contributed by atoms with Gasteiger partial charge in [0.15, 0.2) is 17.4 Å². The molecule has 1 aromatic carbocycles. The Kier molecular flexibility index (Phi) is 5.22. The Balaban J connectivity index is 2.95. The van der Waals surface area contributed by atoms with Crippen molar-refractivity contribution in [1.29, 1.82) is 0 Å². The van der Waals surface area contributed by atoms with E-state index in [2.05, 4.69) is 0 Å². The van der Waals surface area contributed by atoms with E-state index in [4.69, 9.17) is 4.74 Å². The van der Waals surface area contributed by atoms with E-state index in [1.165, 1.54) is 6.07 Å². The van der Waals surface area contributed by atoms with E-state index in [9.17, 15) is 13.6 Å². The summed E-state index contributed by atoms with van der Waals surface area (Å²) in [5.74, 6) is -2.02. The topological polar surface area (TPSA) is 26.3 Å². The predicted molar refractivity (Wildman–Crippen MR) is 60.6 cm³/mol. The van der Waals surface area contributed by atoms with Crippen LogP contribution < -0.4 is 0 Å². The molecule has 0 aliphatic heterocycles. The molecule has 1 unspecified atom stereocenters. The number of halogens is 2. The summed E-state index contributed by atoms with van der Waals surface area (Å²) < 4.78 is 31.3. The fourth-order valence-electron chi connectivity index (χ4n) is 1.47. The molecule has 0 saturated heterocycles. The molecule has 2 nitrogen and oxygen atoms in total. The highest BCUT2D eigenvalue weighted by Gasteiger charge is 2.20. The van der Waals surface area contributed by atoms with Gasteiger partial charge in [-0.2, -0.15) is 0 Å². The second-order valence-corrected chi connectivity index (χ2v) is 3.74. The van der Waals surface area contributed by atoms with Crippen LogP contribution in [0.5, 0.6) is 0 Å². The second kappa shape index (κ2) is 6.45. The molecule has 17 heavy (non-hydrogen) atoms. The number of ether oxygens (including phenoxy) is 1. The van der Waals surface area contributed by atoms with Gasteiger partial charge in [0, 0.05) is 13.0 Å². The molecule has 0 bridgehead atoms. The summed E-state index contributed by atoms with van der Waals surface area (Å²) in [6.07, 6.45) is 0.264. The van der Waals surface area contributed by atoms with Crippen molar-refractivity contribution in [2.75, 3.05) is 6.61 Å². The van der Waals surface area contributed by atoms with Crippen molar-refractivity contribution in [3.63, 3.8) is 0 Å². The van der Waals surface area contributed by atoms with E-state index in [1.54, 1.807) is 6.92 Å². The average molecular weight is 242 g/mol. The summed E-state index contributed by atoms with van der Waals surface area (Å²) >= 11 is 0. The summed E-state index contributed by atoms with van der Waals surface area (Å²) in [6.45, 7) is 4.04. The lowest BCUT2D eigenvalue weighted by Gasteiger charge is -2.16. The minimum Gasteiger partial charge on any atom is -0.366 e. The number of hydrogen-bond acceptors (Lipinski definition) is 2. The standard InChI is InChI=1S/C13H16F2O2/c1-3-7-17-13(12(16)4-2)9-5-6-10(14)11(15)8-9/h5-6,8,13H,3-4,7H2,1-2H3. The van der Waals surface area contributed by atoms with Crippen molar-refractivity contribution in [3.8, 4) is 0 Å². The number of Topliss-reactive ketones (excluding diaryl/α,β-unsaturated/α-hetero) is 1. The van der Waals surface area contributed by atoms with Crippen LogP contribution in [-0.2, 0) is 9.53 Å². The highest BCUT2D eigenvalue weighted by molar-refractivity contribution is 5.84. The number of ketones is 1. The molecule has 0 saturated carbocycles. The molecule has 0 aromatic heterocycles. The van der Waals surface area contributed by atoms with Gasteiger partial charge >= 0.3 is 0 Å². The van der Waals surface area contributed by atoms with E-state index in [0.717, 1.165) is 18.6 Å². The third kappa shape index (κ3) is 3.60. The summed E-state index contributed by atoms with van der Waals surface area (Å²) in [7, 11) is 0. The van der Waals surface area contributed by atoms with Crippen LogP contribution in [-0.4, -0.2) is 12.4 Å².